The minimum absolute atomic E-state index is 0.0138. The fourth-order valence-electron chi connectivity index (χ4n) is 3.58. The van der Waals surface area contributed by atoms with Crippen molar-refractivity contribution in [3.8, 4) is 5.75 Å². The van der Waals surface area contributed by atoms with Gasteiger partial charge in [0.25, 0.3) is 5.92 Å². The molecule has 30 heavy (non-hydrogen) atoms. The number of benzene rings is 1. The summed E-state index contributed by atoms with van der Waals surface area (Å²) in [5.74, 6) is -3.74. The normalized spacial score (nSPS) is 24.6. The molecule has 0 aromatic heterocycles. The number of aliphatic hydroxyl groups excluding tert-OH is 2. The lowest BCUT2D eigenvalue weighted by Gasteiger charge is -2.20. The van der Waals surface area contributed by atoms with Crippen LogP contribution >= 0.6 is 0 Å². The van der Waals surface area contributed by atoms with Gasteiger partial charge in [-0.2, -0.15) is 8.78 Å². The maximum atomic E-state index is 14.2. The first-order chi connectivity index (χ1) is 14.3. The molecule has 0 unspecified atom stereocenters. The van der Waals surface area contributed by atoms with Gasteiger partial charge in [-0.05, 0) is 43.4 Å². The molecule has 1 amide bonds. The van der Waals surface area contributed by atoms with E-state index in [1.54, 1.807) is 37.4 Å². The van der Waals surface area contributed by atoms with E-state index in [1.807, 2.05) is 12.2 Å². The molecular weight excluding hydrogens is 392 g/mol. The van der Waals surface area contributed by atoms with Crippen LogP contribution in [0.2, 0.25) is 0 Å². The maximum Gasteiger partial charge on any atom is 0.299 e. The highest BCUT2D eigenvalue weighted by Crippen LogP contribution is 2.37. The number of hydrogen-bond donors (Lipinski definition) is 3. The van der Waals surface area contributed by atoms with E-state index in [1.165, 1.54) is 6.08 Å². The maximum absolute atomic E-state index is 14.2. The highest BCUT2D eigenvalue weighted by molar-refractivity contribution is 5.75. The predicted octanol–water partition coefficient (Wildman–Crippen LogP) is 3.48. The Labute approximate surface area is 176 Å². The quantitative estimate of drug-likeness (QED) is 0.376. The van der Waals surface area contributed by atoms with Gasteiger partial charge in [0, 0.05) is 25.8 Å². The van der Waals surface area contributed by atoms with Crippen molar-refractivity contribution in [2.75, 3.05) is 13.7 Å². The van der Waals surface area contributed by atoms with Crippen molar-refractivity contribution in [2.45, 2.75) is 50.2 Å². The Balaban J connectivity index is 1.87. The molecule has 166 valence electrons. The van der Waals surface area contributed by atoms with Crippen LogP contribution in [-0.2, 0) is 4.79 Å². The number of para-hydroxylation sites is 1. The molecule has 0 spiro atoms. The second kappa shape index (κ2) is 11.8. The van der Waals surface area contributed by atoms with Crippen LogP contribution in [0.25, 0.3) is 0 Å². The summed E-state index contributed by atoms with van der Waals surface area (Å²) in [4.78, 5) is 11.2. The number of amides is 1. The fourth-order valence-corrected chi connectivity index (χ4v) is 3.58. The third-order valence-electron chi connectivity index (χ3n) is 5.28. The highest BCUT2D eigenvalue weighted by atomic mass is 19.3. The first-order valence-corrected chi connectivity index (χ1v) is 10.3. The van der Waals surface area contributed by atoms with Crippen LogP contribution in [0.5, 0.6) is 5.75 Å². The van der Waals surface area contributed by atoms with Gasteiger partial charge in [-0.15, -0.1) is 0 Å². The summed E-state index contributed by atoms with van der Waals surface area (Å²) in [6, 6.07) is 8.39. The molecule has 0 bridgehead atoms. The molecule has 0 saturated heterocycles. The zero-order valence-corrected chi connectivity index (χ0v) is 17.2. The lowest BCUT2D eigenvalue weighted by atomic mass is 9.89. The number of allylic oxidation sites excluding steroid dienone is 2. The Bertz CT molecular complexity index is 708. The summed E-state index contributed by atoms with van der Waals surface area (Å²) >= 11 is 0. The van der Waals surface area contributed by atoms with Gasteiger partial charge in [-0.25, -0.2) is 0 Å². The van der Waals surface area contributed by atoms with Gasteiger partial charge in [-0.1, -0.05) is 36.4 Å². The van der Waals surface area contributed by atoms with E-state index in [-0.39, 0.29) is 18.2 Å². The van der Waals surface area contributed by atoms with Crippen LogP contribution < -0.4 is 10.1 Å². The van der Waals surface area contributed by atoms with E-state index < -0.39 is 30.7 Å². The van der Waals surface area contributed by atoms with Crippen molar-refractivity contribution in [1.82, 2.24) is 5.32 Å². The van der Waals surface area contributed by atoms with Crippen molar-refractivity contribution in [3.63, 3.8) is 0 Å². The number of halogens is 2. The Morgan fingerprint density at radius 2 is 1.97 bits per heavy atom. The SMILES string of the molecule is CNC(=O)CCC/C=C/C[C@@H]1[C@@H](/C=C/C(F)(F)COc2ccccc2)[C@H](O)C[C@@H]1O. The van der Waals surface area contributed by atoms with Crippen molar-refractivity contribution in [1.29, 1.82) is 0 Å². The smallest absolute Gasteiger partial charge is 0.299 e. The summed E-state index contributed by atoms with van der Waals surface area (Å²) in [7, 11) is 1.59. The van der Waals surface area contributed by atoms with E-state index in [4.69, 9.17) is 4.74 Å². The zero-order chi connectivity index (χ0) is 22.0. The van der Waals surface area contributed by atoms with E-state index in [0.717, 1.165) is 6.08 Å². The van der Waals surface area contributed by atoms with Gasteiger partial charge < -0.3 is 20.3 Å². The second-order valence-corrected chi connectivity index (χ2v) is 7.61. The van der Waals surface area contributed by atoms with Crippen molar-refractivity contribution < 1.29 is 28.5 Å². The molecule has 1 aliphatic carbocycles. The van der Waals surface area contributed by atoms with E-state index in [9.17, 15) is 23.8 Å². The number of aliphatic hydroxyl groups is 2. The standard InChI is InChI=1S/C23H31F2NO4/c1-26-22(29)12-8-3-2-7-11-18-19(21(28)15-20(18)27)13-14-23(24,25)16-30-17-9-5-4-6-10-17/h2,4-7,9-10,13-14,18-21,27-28H,3,8,11-12,15-16H2,1H3,(H,26,29)/b7-2+,14-13+/t18-,19-,20+,21-/m1/s1. The molecule has 0 radical (unpaired) electrons. The Morgan fingerprint density at radius 3 is 2.67 bits per heavy atom. The third-order valence-corrected chi connectivity index (χ3v) is 5.28. The largest absolute Gasteiger partial charge is 0.487 e. The molecule has 0 heterocycles. The van der Waals surface area contributed by atoms with Crippen molar-refractivity contribution in [2.24, 2.45) is 11.8 Å². The minimum atomic E-state index is -3.19. The average Bonchev–Trinajstić information content (AvgIpc) is 3.00. The van der Waals surface area contributed by atoms with E-state index in [2.05, 4.69) is 5.32 Å². The first-order valence-electron chi connectivity index (χ1n) is 10.3. The van der Waals surface area contributed by atoms with Crippen LogP contribution in [0, 0.1) is 11.8 Å². The van der Waals surface area contributed by atoms with Gasteiger partial charge >= 0.3 is 0 Å². The van der Waals surface area contributed by atoms with Gasteiger partial charge in [0.05, 0.1) is 12.2 Å². The Morgan fingerprint density at radius 1 is 1.23 bits per heavy atom. The van der Waals surface area contributed by atoms with Crippen LogP contribution in [0.4, 0.5) is 8.78 Å². The number of nitrogens with one attached hydrogen (secondary N) is 1. The second-order valence-electron chi connectivity index (χ2n) is 7.61. The van der Waals surface area contributed by atoms with Gasteiger partial charge in [0.2, 0.25) is 5.91 Å². The van der Waals surface area contributed by atoms with E-state index in [0.29, 0.717) is 31.4 Å². The van der Waals surface area contributed by atoms with Crippen molar-refractivity contribution in [3.05, 3.63) is 54.6 Å². The molecule has 2 rings (SSSR count). The molecule has 1 aromatic carbocycles. The Hall–Kier alpha value is -2.25. The number of unbranched alkanes of at least 4 members (excludes halogenated alkanes) is 1. The monoisotopic (exact) mass is 423 g/mol. The van der Waals surface area contributed by atoms with Crippen LogP contribution in [0.15, 0.2) is 54.6 Å². The van der Waals surface area contributed by atoms with E-state index >= 15 is 0 Å². The molecule has 1 fully saturated rings. The first kappa shape index (κ1) is 24.0. The van der Waals surface area contributed by atoms with Gasteiger partial charge in [-0.3, -0.25) is 4.79 Å². The summed E-state index contributed by atoms with van der Waals surface area (Å²) in [5.41, 5.74) is 0. The Kier molecular flexibility index (Phi) is 9.46. The lowest BCUT2D eigenvalue weighted by molar-refractivity contribution is -0.120. The molecule has 3 N–H and O–H groups in total. The van der Waals surface area contributed by atoms with Gasteiger partial charge in [0.1, 0.15) is 5.75 Å². The predicted molar refractivity (Wildman–Crippen MR) is 111 cm³/mol. The summed E-state index contributed by atoms with van der Waals surface area (Å²) < 4.78 is 33.5. The third kappa shape index (κ3) is 7.88. The molecular formula is C23H31F2NO4. The topological polar surface area (TPSA) is 78.8 Å². The highest BCUT2D eigenvalue weighted by Gasteiger charge is 2.40. The number of hydrogen-bond acceptors (Lipinski definition) is 4. The number of rotatable bonds is 11. The van der Waals surface area contributed by atoms with Crippen LogP contribution in [0.3, 0.4) is 0 Å². The number of carbonyl (C=O) groups is 1. The summed E-state index contributed by atoms with van der Waals surface area (Å²) in [6.07, 6.45) is 6.76. The lowest BCUT2D eigenvalue weighted by Crippen LogP contribution is -2.25. The van der Waals surface area contributed by atoms with Gasteiger partial charge in [0.15, 0.2) is 6.61 Å². The van der Waals surface area contributed by atoms with Crippen molar-refractivity contribution >= 4 is 5.91 Å². The molecule has 1 saturated carbocycles. The number of alkyl halides is 2. The molecule has 4 atom stereocenters. The number of ether oxygens (including phenoxy) is 1. The van der Waals surface area contributed by atoms with Crippen LogP contribution in [-0.4, -0.2) is 47.9 Å². The summed E-state index contributed by atoms with van der Waals surface area (Å²) in [6.45, 7) is -0.797. The fraction of sp³-hybridized carbons (Fsp3) is 0.522. The zero-order valence-electron chi connectivity index (χ0n) is 17.2. The molecule has 1 aromatic rings. The molecule has 0 aliphatic heterocycles. The minimum Gasteiger partial charge on any atom is -0.487 e. The molecule has 1 aliphatic rings. The molecule has 7 heteroatoms. The van der Waals surface area contributed by atoms with Crippen LogP contribution in [0.1, 0.15) is 32.1 Å². The number of carbonyl (C=O) groups excluding carboxylic acids is 1. The summed E-state index contributed by atoms with van der Waals surface area (Å²) in [5, 5.41) is 23.0. The molecule has 5 nitrogen and oxygen atoms in total. The average molecular weight is 424 g/mol.